The summed E-state index contributed by atoms with van der Waals surface area (Å²) in [5.41, 5.74) is 3.77. The van der Waals surface area contributed by atoms with Crippen LogP contribution in [0.15, 0.2) is 54.9 Å². The molecule has 1 fully saturated rings. The predicted molar refractivity (Wildman–Crippen MR) is 130 cm³/mol. The number of carbonyl (C=O) groups excluding carboxylic acids is 1. The third kappa shape index (κ3) is 6.26. The normalized spacial score (nSPS) is 14.2. The zero-order valence-electron chi connectivity index (χ0n) is 19.1. The highest BCUT2D eigenvalue weighted by molar-refractivity contribution is 5.92. The van der Waals surface area contributed by atoms with E-state index in [0.717, 1.165) is 42.9 Å². The molecule has 1 amide bonds. The molecule has 2 N–H and O–H groups in total. The molecule has 172 valence electrons. The summed E-state index contributed by atoms with van der Waals surface area (Å²) in [4.78, 5) is 27.2. The summed E-state index contributed by atoms with van der Waals surface area (Å²) in [6.07, 6.45) is 4.06. The molecule has 3 aromatic rings. The van der Waals surface area contributed by atoms with Gasteiger partial charge in [0, 0.05) is 30.9 Å². The van der Waals surface area contributed by atoms with Crippen LogP contribution < -0.4 is 15.5 Å². The maximum atomic E-state index is 11.8. The number of rotatable bonds is 8. The minimum Gasteiger partial charge on any atom is -0.373 e. The topological polar surface area (TPSA) is 92.3 Å². The fourth-order valence-electron chi connectivity index (χ4n) is 3.71. The number of nitrogens with one attached hydrogen (secondary N) is 2. The summed E-state index contributed by atoms with van der Waals surface area (Å²) >= 11 is 0. The van der Waals surface area contributed by atoms with Crippen molar-refractivity contribution in [2.75, 3.05) is 28.6 Å². The molecule has 1 saturated heterocycles. The smallest absolute Gasteiger partial charge is 0.231 e. The Hall–Kier alpha value is -3.52. The van der Waals surface area contributed by atoms with Crippen molar-refractivity contribution in [1.82, 2.24) is 15.0 Å². The molecule has 0 saturated carbocycles. The minimum absolute atomic E-state index is 0.0196. The van der Waals surface area contributed by atoms with E-state index in [0.29, 0.717) is 24.9 Å². The van der Waals surface area contributed by atoms with Crippen molar-refractivity contribution in [2.24, 2.45) is 0 Å². The zero-order valence-corrected chi connectivity index (χ0v) is 19.1. The van der Waals surface area contributed by atoms with Gasteiger partial charge in [0.15, 0.2) is 0 Å². The van der Waals surface area contributed by atoms with Gasteiger partial charge in [-0.1, -0.05) is 43.3 Å². The fourth-order valence-corrected chi connectivity index (χ4v) is 3.71. The molecule has 0 spiro atoms. The van der Waals surface area contributed by atoms with E-state index in [1.807, 2.05) is 50.2 Å². The molecule has 2 aromatic carbocycles. The molecule has 0 bridgehead atoms. The van der Waals surface area contributed by atoms with Crippen LogP contribution in [0.25, 0.3) is 0 Å². The lowest BCUT2D eigenvalue weighted by atomic mass is 10.1. The van der Waals surface area contributed by atoms with Crippen LogP contribution >= 0.6 is 0 Å². The number of ether oxygens (including phenoxy) is 1. The van der Waals surface area contributed by atoms with Crippen LogP contribution in [0.3, 0.4) is 0 Å². The molecular weight excluding hydrogens is 416 g/mol. The van der Waals surface area contributed by atoms with Gasteiger partial charge < -0.3 is 20.3 Å². The van der Waals surface area contributed by atoms with E-state index < -0.39 is 0 Å². The van der Waals surface area contributed by atoms with E-state index >= 15 is 0 Å². The summed E-state index contributed by atoms with van der Waals surface area (Å²) in [5, 5.41) is 6.15. The molecule has 0 aliphatic carbocycles. The molecule has 8 nitrogen and oxygen atoms in total. The number of amides is 1. The van der Waals surface area contributed by atoms with Gasteiger partial charge in [-0.3, -0.25) is 4.79 Å². The first kappa shape index (κ1) is 22.7. The molecule has 1 aromatic heterocycles. The lowest BCUT2D eigenvalue weighted by Crippen LogP contribution is -2.38. The molecule has 1 aliphatic rings. The number of carbonyl (C=O) groups is 1. The van der Waals surface area contributed by atoms with Gasteiger partial charge in [0.2, 0.25) is 17.8 Å². The minimum atomic E-state index is -0.0196. The number of hydrogen-bond donors (Lipinski definition) is 2. The standard InChI is InChI=1S/C25H30N6O2/c1-3-23(32)29-22-15-20(10-9-18(22)2)28-24-26-17-27-25(30-24)31-13-11-21(12-14-31)33-16-19-7-5-4-6-8-19/h4-10,15,17,21H,3,11-14,16H2,1-2H3,(H,29,32)(H,26,27,28,30). The largest absolute Gasteiger partial charge is 0.373 e. The van der Waals surface area contributed by atoms with Crippen LogP contribution in [0.4, 0.5) is 23.3 Å². The third-order valence-electron chi connectivity index (χ3n) is 5.70. The van der Waals surface area contributed by atoms with Gasteiger partial charge in [-0.2, -0.15) is 4.98 Å². The average Bonchev–Trinajstić information content (AvgIpc) is 2.86. The molecule has 1 aliphatic heterocycles. The Bertz CT molecular complexity index is 1070. The van der Waals surface area contributed by atoms with E-state index in [2.05, 4.69) is 42.6 Å². The molecule has 4 rings (SSSR count). The van der Waals surface area contributed by atoms with Gasteiger partial charge in [0.25, 0.3) is 0 Å². The van der Waals surface area contributed by atoms with Crippen LogP contribution in [0.1, 0.15) is 37.3 Å². The number of anilines is 4. The van der Waals surface area contributed by atoms with Gasteiger partial charge in [-0.25, -0.2) is 9.97 Å². The van der Waals surface area contributed by atoms with Gasteiger partial charge in [-0.05, 0) is 43.0 Å². The molecular formula is C25H30N6O2. The molecule has 0 atom stereocenters. The highest BCUT2D eigenvalue weighted by Gasteiger charge is 2.22. The summed E-state index contributed by atoms with van der Waals surface area (Å²) in [6.45, 7) is 6.10. The fraction of sp³-hybridized carbons (Fsp3) is 0.360. The van der Waals surface area contributed by atoms with E-state index in [1.165, 1.54) is 11.9 Å². The first-order valence-electron chi connectivity index (χ1n) is 11.4. The quantitative estimate of drug-likeness (QED) is 0.528. The highest BCUT2D eigenvalue weighted by atomic mass is 16.5. The van der Waals surface area contributed by atoms with Crippen molar-refractivity contribution < 1.29 is 9.53 Å². The average molecular weight is 447 g/mol. The zero-order chi connectivity index (χ0) is 23.0. The van der Waals surface area contributed by atoms with Crippen molar-refractivity contribution in [2.45, 2.75) is 45.8 Å². The Kier molecular flexibility index (Phi) is 7.47. The van der Waals surface area contributed by atoms with Crippen LogP contribution in [0.5, 0.6) is 0 Å². The Morgan fingerprint density at radius 2 is 1.91 bits per heavy atom. The molecule has 0 unspecified atom stereocenters. The van der Waals surface area contributed by atoms with Gasteiger partial charge in [0.05, 0.1) is 12.7 Å². The van der Waals surface area contributed by atoms with Crippen molar-refractivity contribution >= 4 is 29.2 Å². The molecule has 8 heteroatoms. The van der Waals surface area contributed by atoms with Crippen LogP contribution in [-0.4, -0.2) is 40.1 Å². The van der Waals surface area contributed by atoms with E-state index in [1.54, 1.807) is 0 Å². The first-order valence-corrected chi connectivity index (χ1v) is 11.4. The second kappa shape index (κ2) is 10.9. The number of aryl methyl sites for hydroxylation is 1. The van der Waals surface area contributed by atoms with Crippen LogP contribution in [0, 0.1) is 6.92 Å². The van der Waals surface area contributed by atoms with Crippen molar-refractivity contribution in [3.63, 3.8) is 0 Å². The SMILES string of the molecule is CCC(=O)Nc1cc(Nc2ncnc(N3CCC(OCc4ccccc4)CC3)n2)ccc1C. The van der Waals surface area contributed by atoms with Gasteiger partial charge in [-0.15, -0.1) is 0 Å². The monoisotopic (exact) mass is 446 g/mol. The molecule has 33 heavy (non-hydrogen) atoms. The van der Waals surface area contributed by atoms with E-state index in [4.69, 9.17) is 4.74 Å². The van der Waals surface area contributed by atoms with E-state index in [-0.39, 0.29) is 12.0 Å². The second-order valence-corrected chi connectivity index (χ2v) is 8.15. The van der Waals surface area contributed by atoms with Crippen LogP contribution in [0.2, 0.25) is 0 Å². The summed E-state index contributed by atoms with van der Waals surface area (Å²) in [5.74, 6) is 1.11. The third-order valence-corrected chi connectivity index (χ3v) is 5.70. The maximum Gasteiger partial charge on any atom is 0.231 e. The van der Waals surface area contributed by atoms with E-state index in [9.17, 15) is 4.79 Å². The number of aromatic nitrogens is 3. The van der Waals surface area contributed by atoms with Crippen molar-refractivity contribution in [3.05, 3.63) is 66.0 Å². The molecule has 0 radical (unpaired) electrons. The first-order chi connectivity index (χ1) is 16.1. The molecule has 2 heterocycles. The second-order valence-electron chi connectivity index (χ2n) is 8.15. The Balaban J connectivity index is 1.34. The number of nitrogens with zero attached hydrogens (tertiary/aromatic N) is 4. The number of hydrogen-bond acceptors (Lipinski definition) is 7. The predicted octanol–water partition coefficient (Wildman–Crippen LogP) is 4.46. The summed E-state index contributed by atoms with van der Waals surface area (Å²) in [7, 11) is 0. The lowest BCUT2D eigenvalue weighted by Gasteiger charge is -2.31. The number of benzene rings is 2. The lowest BCUT2D eigenvalue weighted by molar-refractivity contribution is -0.115. The van der Waals surface area contributed by atoms with Gasteiger partial charge in [0.1, 0.15) is 6.33 Å². The Labute approximate surface area is 194 Å². The van der Waals surface area contributed by atoms with Crippen molar-refractivity contribution in [1.29, 1.82) is 0 Å². The van der Waals surface area contributed by atoms with Crippen LogP contribution in [-0.2, 0) is 16.1 Å². The maximum absolute atomic E-state index is 11.8. The summed E-state index contributed by atoms with van der Waals surface area (Å²) < 4.78 is 6.09. The summed E-state index contributed by atoms with van der Waals surface area (Å²) in [6, 6.07) is 16.0. The Morgan fingerprint density at radius 1 is 1.12 bits per heavy atom. The number of piperidine rings is 1. The van der Waals surface area contributed by atoms with Crippen molar-refractivity contribution in [3.8, 4) is 0 Å². The van der Waals surface area contributed by atoms with Gasteiger partial charge >= 0.3 is 0 Å². The highest BCUT2D eigenvalue weighted by Crippen LogP contribution is 2.24. The Morgan fingerprint density at radius 3 is 2.67 bits per heavy atom.